The second-order valence-electron chi connectivity index (χ2n) is 6.74. The van der Waals surface area contributed by atoms with E-state index in [9.17, 15) is 21.6 Å². The lowest BCUT2D eigenvalue weighted by molar-refractivity contribution is -0.275. The molecule has 1 aliphatic rings. The van der Waals surface area contributed by atoms with Crippen molar-refractivity contribution in [1.82, 2.24) is 24.3 Å². The maximum atomic E-state index is 12.7. The Bertz CT molecular complexity index is 1180. The van der Waals surface area contributed by atoms with E-state index in [1.807, 2.05) is 4.90 Å². The van der Waals surface area contributed by atoms with Crippen LogP contribution in [0.4, 0.5) is 19.0 Å². The number of rotatable bonds is 5. The SMILES string of the molecule is Cc1nnc2c(N3CC[C@H](NS(=O)(=O)c4ccccc4OC(F)(F)F)C3)nccn12. The number of hydrogen-bond donors (Lipinski definition) is 1. The number of fused-ring (bicyclic) bond motifs is 1. The number of nitrogens with zero attached hydrogens (tertiary/aromatic N) is 5. The van der Waals surface area contributed by atoms with Crippen LogP contribution in [0.1, 0.15) is 12.2 Å². The molecule has 0 aliphatic carbocycles. The average molecular weight is 442 g/mol. The van der Waals surface area contributed by atoms with E-state index in [0.717, 1.165) is 12.1 Å². The van der Waals surface area contributed by atoms with Crippen LogP contribution in [0.3, 0.4) is 0 Å². The van der Waals surface area contributed by atoms with Gasteiger partial charge in [-0.1, -0.05) is 12.1 Å². The minimum atomic E-state index is -5.00. The Morgan fingerprint density at radius 3 is 2.77 bits per heavy atom. The number of para-hydroxylation sites is 1. The van der Waals surface area contributed by atoms with Gasteiger partial charge in [0.2, 0.25) is 15.7 Å². The molecule has 13 heteroatoms. The van der Waals surface area contributed by atoms with Crippen LogP contribution in [0.25, 0.3) is 5.65 Å². The maximum Gasteiger partial charge on any atom is 0.573 e. The van der Waals surface area contributed by atoms with Crippen LogP contribution in [-0.4, -0.2) is 53.5 Å². The minimum Gasteiger partial charge on any atom is -0.404 e. The van der Waals surface area contributed by atoms with Gasteiger partial charge < -0.3 is 9.64 Å². The number of aromatic nitrogens is 4. The molecule has 0 radical (unpaired) electrons. The molecule has 1 aromatic carbocycles. The molecular formula is C17H17F3N6O3S. The van der Waals surface area contributed by atoms with Crippen molar-refractivity contribution >= 4 is 21.5 Å². The van der Waals surface area contributed by atoms with Crippen LogP contribution in [0.5, 0.6) is 5.75 Å². The molecule has 3 aromatic rings. The number of hydrogen-bond acceptors (Lipinski definition) is 7. The molecule has 1 fully saturated rings. The molecule has 1 saturated heterocycles. The number of anilines is 1. The summed E-state index contributed by atoms with van der Waals surface area (Å²) in [6, 6.07) is 4.10. The van der Waals surface area contributed by atoms with Gasteiger partial charge in [-0.3, -0.25) is 4.40 Å². The Hall–Kier alpha value is -2.93. The van der Waals surface area contributed by atoms with Crippen molar-refractivity contribution < 1.29 is 26.3 Å². The highest BCUT2D eigenvalue weighted by molar-refractivity contribution is 7.89. The smallest absolute Gasteiger partial charge is 0.404 e. The van der Waals surface area contributed by atoms with E-state index in [-0.39, 0.29) is 6.54 Å². The first-order valence-corrected chi connectivity index (χ1v) is 10.4. The van der Waals surface area contributed by atoms with E-state index in [0.29, 0.717) is 30.3 Å². The summed E-state index contributed by atoms with van der Waals surface area (Å²) in [6.07, 6.45) is -1.24. The first-order valence-electron chi connectivity index (χ1n) is 8.92. The van der Waals surface area contributed by atoms with Gasteiger partial charge in [-0.25, -0.2) is 18.1 Å². The third-order valence-corrected chi connectivity index (χ3v) is 6.21. The number of ether oxygens (including phenoxy) is 1. The molecule has 4 rings (SSSR count). The lowest BCUT2D eigenvalue weighted by atomic mass is 10.3. The highest BCUT2D eigenvalue weighted by Gasteiger charge is 2.35. The van der Waals surface area contributed by atoms with Crippen LogP contribution in [0.15, 0.2) is 41.6 Å². The molecule has 30 heavy (non-hydrogen) atoms. The van der Waals surface area contributed by atoms with E-state index in [2.05, 4.69) is 24.6 Å². The molecule has 0 spiro atoms. The lowest BCUT2D eigenvalue weighted by Crippen LogP contribution is -2.37. The average Bonchev–Trinajstić information content (AvgIpc) is 3.27. The number of benzene rings is 1. The van der Waals surface area contributed by atoms with Crippen molar-refractivity contribution in [3.05, 3.63) is 42.5 Å². The van der Waals surface area contributed by atoms with Crippen molar-refractivity contribution in [1.29, 1.82) is 0 Å². The summed E-state index contributed by atoms with van der Waals surface area (Å²) in [5, 5.41) is 8.12. The van der Waals surface area contributed by atoms with Gasteiger partial charge >= 0.3 is 6.36 Å². The summed E-state index contributed by atoms with van der Waals surface area (Å²) in [5.74, 6) is 0.463. The molecule has 1 aliphatic heterocycles. The van der Waals surface area contributed by atoms with Gasteiger partial charge in [0, 0.05) is 31.5 Å². The Kier molecular flexibility index (Phi) is 5.02. The standard InChI is InChI=1S/C17H17F3N6O3S/c1-11-22-23-16-15(21-7-9-26(11)16)25-8-6-12(10-25)24-30(27,28)14-5-3-2-4-13(14)29-17(18,19)20/h2-5,7,9,12,24H,6,8,10H2,1H3/t12-/m0/s1. The van der Waals surface area contributed by atoms with Crippen LogP contribution in [0.2, 0.25) is 0 Å². The fourth-order valence-electron chi connectivity index (χ4n) is 3.36. The monoisotopic (exact) mass is 442 g/mol. The fraction of sp³-hybridized carbons (Fsp3) is 0.353. The third kappa shape index (κ3) is 4.03. The van der Waals surface area contributed by atoms with Crippen molar-refractivity contribution in [2.45, 2.75) is 30.6 Å². The zero-order valence-electron chi connectivity index (χ0n) is 15.7. The van der Waals surface area contributed by atoms with Crippen molar-refractivity contribution in [3.8, 4) is 5.75 Å². The van der Waals surface area contributed by atoms with Crippen LogP contribution >= 0.6 is 0 Å². The van der Waals surface area contributed by atoms with Crippen LogP contribution in [-0.2, 0) is 10.0 Å². The van der Waals surface area contributed by atoms with Crippen molar-refractivity contribution in [2.75, 3.05) is 18.0 Å². The molecule has 1 atom stereocenters. The number of aryl methyl sites for hydroxylation is 1. The molecule has 0 unspecified atom stereocenters. The Labute approximate surface area is 169 Å². The molecule has 9 nitrogen and oxygen atoms in total. The molecule has 0 amide bonds. The van der Waals surface area contributed by atoms with Gasteiger partial charge in [-0.2, -0.15) is 0 Å². The number of halogens is 3. The number of sulfonamides is 1. The predicted octanol–water partition coefficient (Wildman–Crippen LogP) is 1.89. The summed E-state index contributed by atoms with van der Waals surface area (Å²) in [6.45, 7) is 2.57. The molecule has 0 saturated carbocycles. The number of alkyl halides is 3. The van der Waals surface area contributed by atoms with Gasteiger partial charge in [-0.15, -0.1) is 23.4 Å². The normalized spacial score (nSPS) is 17.6. The van der Waals surface area contributed by atoms with E-state index < -0.39 is 33.1 Å². The maximum absolute atomic E-state index is 12.7. The Morgan fingerprint density at radius 1 is 1.23 bits per heavy atom. The second kappa shape index (κ2) is 7.40. The summed E-state index contributed by atoms with van der Waals surface area (Å²) < 4.78 is 71.4. The molecular weight excluding hydrogens is 425 g/mol. The largest absolute Gasteiger partial charge is 0.573 e. The predicted molar refractivity (Wildman–Crippen MR) is 99.6 cm³/mol. The first kappa shape index (κ1) is 20.3. The first-order chi connectivity index (χ1) is 14.1. The topological polar surface area (TPSA) is 102 Å². The van der Waals surface area contributed by atoms with E-state index >= 15 is 0 Å². The van der Waals surface area contributed by atoms with Gasteiger partial charge in [0.15, 0.2) is 5.82 Å². The summed E-state index contributed by atoms with van der Waals surface area (Å²) >= 11 is 0. The lowest BCUT2D eigenvalue weighted by Gasteiger charge is -2.19. The summed E-state index contributed by atoms with van der Waals surface area (Å²) in [5.41, 5.74) is 0.544. The third-order valence-electron chi connectivity index (χ3n) is 4.65. The van der Waals surface area contributed by atoms with Crippen molar-refractivity contribution in [3.63, 3.8) is 0 Å². The van der Waals surface area contributed by atoms with E-state index in [4.69, 9.17) is 0 Å². The van der Waals surface area contributed by atoms with Gasteiger partial charge in [0.1, 0.15) is 16.5 Å². The van der Waals surface area contributed by atoms with Crippen LogP contribution < -0.4 is 14.4 Å². The van der Waals surface area contributed by atoms with Crippen LogP contribution in [0, 0.1) is 6.92 Å². The molecule has 1 N–H and O–H groups in total. The Balaban J connectivity index is 1.53. The zero-order valence-corrected chi connectivity index (χ0v) is 16.5. The zero-order chi connectivity index (χ0) is 21.5. The van der Waals surface area contributed by atoms with Gasteiger partial charge in [-0.05, 0) is 25.5 Å². The summed E-state index contributed by atoms with van der Waals surface area (Å²) in [4.78, 5) is 5.61. The molecule has 0 bridgehead atoms. The fourth-order valence-corrected chi connectivity index (χ4v) is 4.76. The summed E-state index contributed by atoms with van der Waals surface area (Å²) in [7, 11) is -4.25. The number of nitrogens with one attached hydrogen (secondary N) is 1. The van der Waals surface area contributed by atoms with Gasteiger partial charge in [0.05, 0.1) is 0 Å². The highest BCUT2D eigenvalue weighted by Crippen LogP contribution is 2.30. The highest BCUT2D eigenvalue weighted by atomic mass is 32.2. The Morgan fingerprint density at radius 2 is 2.00 bits per heavy atom. The quantitative estimate of drug-likeness (QED) is 0.644. The minimum absolute atomic E-state index is 0.278. The van der Waals surface area contributed by atoms with Crippen molar-refractivity contribution in [2.24, 2.45) is 0 Å². The molecule has 2 aromatic heterocycles. The second-order valence-corrected chi connectivity index (χ2v) is 8.42. The molecule has 3 heterocycles. The van der Waals surface area contributed by atoms with E-state index in [1.165, 1.54) is 12.1 Å². The van der Waals surface area contributed by atoms with E-state index in [1.54, 1.807) is 23.7 Å². The molecule has 160 valence electrons. The van der Waals surface area contributed by atoms with Gasteiger partial charge in [0.25, 0.3) is 0 Å².